The van der Waals surface area contributed by atoms with Crippen LogP contribution in [0.2, 0.25) is 0 Å². The Bertz CT molecular complexity index is 551. The lowest BCUT2D eigenvalue weighted by molar-refractivity contribution is -0.00559. The van der Waals surface area contributed by atoms with Gasteiger partial charge in [0.1, 0.15) is 5.69 Å². The van der Waals surface area contributed by atoms with E-state index in [0.29, 0.717) is 13.1 Å². The second-order valence-corrected chi connectivity index (χ2v) is 5.91. The first-order valence-corrected chi connectivity index (χ1v) is 7.14. The van der Waals surface area contributed by atoms with Crippen molar-refractivity contribution in [3.63, 3.8) is 0 Å². The molecule has 1 saturated heterocycles. The molecule has 0 unspecified atom stereocenters. The maximum Gasteiger partial charge on any atom is 0.274 e. The van der Waals surface area contributed by atoms with Crippen LogP contribution < -0.4 is 5.56 Å². The minimum Gasteiger partial charge on any atom is -0.392 e. The Morgan fingerprint density at radius 2 is 2.20 bits per heavy atom. The van der Waals surface area contributed by atoms with Gasteiger partial charge in [-0.15, -0.1) is 0 Å². The molecule has 1 amide bonds. The second-order valence-electron chi connectivity index (χ2n) is 5.91. The van der Waals surface area contributed by atoms with Crippen LogP contribution in [0.15, 0.2) is 16.9 Å². The Morgan fingerprint density at radius 1 is 1.40 bits per heavy atom. The predicted octanol–water partition coefficient (Wildman–Crippen LogP) is 0.537. The lowest BCUT2D eigenvalue weighted by atomic mass is 9.76. The topological polar surface area (TPSA) is 86.3 Å². The monoisotopic (exact) mass is 277 g/mol. The number of amides is 1. The normalized spacial score (nSPS) is 29.9. The summed E-state index contributed by atoms with van der Waals surface area (Å²) in [5.74, 6) is -0.167. The minimum absolute atomic E-state index is 0.129. The van der Waals surface area contributed by atoms with Gasteiger partial charge in [-0.2, -0.15) is 5.10 Å². The molecule has 6 heteroatoms. The Balaban J connectivity index is 1.78. The molecule has 2 aliphatic rings. The molecule has 0 bridgehead atoms. The number of H-pyrrole nitrogens is 1. The Morgan fingerprint density at radius 3 is 2.85 bits per heavy atom. The fourth-order valence-electron chi connectivity index (χ4n) is 3.56. The van der Waals surface area contributed by atoms with E-state index in [-0.39, 0.29) is 28.7 Å². The molecule has 2 fully saturated rings. The Hall–Kier alpha value is -1.69. The van der Waals surface area contributed by atoms with Crippen LogP contribution in [0.3, 0.4) is 0 Å². The van der Waals surface area contributed by atoms with Gasteiger partial charge in [-0.25, -0.2) is 5.10 Å². The summed E-state index contributed by atoms with van der Waals surface area (Å²) in [5, 5.41) is 16.3. The molecular formula is C14H19N3O3. The van der Waals surface area contributed by atoms with Gasteiger partial charge < -0.3 is 10.0 Å². The average Bonchev–Trinajstić information content (AvgIpc) is 2.80. The van der Waals surface area contributed by atoms with Gasteiger partial charge in [0.15, 0.2) is 0 Å². The summed E-state index contributed by atoms with van der Waals surface area (Å²) < 4.78 is 0. The molecule has 1 saturated carbocycles. The molecule has 1 aromatic rings. The van der Waals surface area contributed by atoms with E-state index in [0.717, 1.165) is 32.1 Å². The molecule has 1 aliphatic carbocycles. The highest BCUT2D eigenvalue weighted by Crippen LogP contribution is 2.45. The van der Waals surface area contributed by atoms with Gasteiger partial charge in [0, 0.05) is 24.6 Å². The van der Waals surface area contributed by atoms with Crippen molar-refractivity contribution in [2.24, 2.45) is 5.41 Å². The van der Waals surface area contributed by atoms with Crippen molar-refractivity contribution in [1.82, 2.24) is 15.1 Å². The molecule has 0 radical (unpaired) electrons. The van der Waals surface area contributed by atoms with E-state index in [2.05, 4.69) is 10.2 Å². The van der Waals surface area contributed by atoms with Gasteiger partial charge in [-0.1, -0.05) is 6.42 Å². The summed E-state index contributed by atoms with van der Waals surface area (Å²) in [7, 11) is 0. The quantitative estimate of drug-likeness (QED) is 0.784. The third-order valence-electron chi connectivity index (χ3n) is 4.65. The number of piperidine rings is 1. The van der Waals surface area contributed by atoms with Gasteiger partial charge in [-0.3, -0.25) is 9.59 Å². The number of nitrogens with zero attached hydrogens (tertiary/aromatic N) is 2. The minimum atomic E-state index is -0.317. The highest BCUT2D eigenvalue weighted by Gasteiger charge is 2.45. The van der Waals surface area contributed by atoms with E-state index in [4.69, 9.17) is 0 Å². The predicted molar refractivity (Wildman–Crippen MR) is 72.3 cm³/mol. The molecule has 3 rings (SSSR count). The molecule has 6 nitrogen and oxygen atoms in total. The molecule has 0 aromatic carbocycles. The smallest absolute Gasteiger partial charge is 0.274 e. The third kappa shape index (κ3) is 2.24. The van der Waals surface area contributed by atoms with Crippen molar-refractivity contribution in [2.75, 3.05) is 13.1 Å². The van der Waals surface area contributed by atoms with Crippen molar-refractivity contribution in [1.29, 1.82) is 0 Å². The van der Waals surface area contributed by atoms with E-state index in [1.165, 1.54) is 12.1 Å². The van der Waals surface area contributed by atoms with E-state index >= 15 is 0 Å². The number of aliphatic hydroxyl groups excluding tert-OH is 1. The molecule has 2 N–H and O–H groups in total. The summed E-state index contributed by atoms with van der Waals surface area (Å²) in [4.78, 5) is 25.2. The van der Waals surface area contributed by atoms with Gasteiger partial charge >= 0.3 is 0 Å². The molecule has 108 valence electrons. The zero-order valence-corrected chi connectivity index (χ0v) is 11.3. The van der Waals surface area contributed by atoms with Gasteiger partial charge in [0.2, 0.25) is 0 Å². The van der Waals surface area contributed by atoms with E-state index < -0.39 is 0 Å². The maximum absolute atomic E-state index is 12.4. The summed E-state index contributed by atoms with van der Waals surface area (Å²) >= 11 is 0. The number of hydrogen-bond donors (Lipinski definition) is 2. The number of nitrogens with one attached hydrogen (secondary N) is 1. The van der Waals surface area contributed by atoms with Crippen molar-refractivity contribution >= 4 is 5.91 Å². The van der Waals surface area contributed by atoms with E-state index in [1.807, 2.05) is 0 Å². The SMILES string of the molecule is O=C(c1ccc(=O)[nH]n1)N1CCC[C@]2(CCC[C@H]2O)C1. The second kappa shape index (κ2) is 5.01. The first-order chi connectivity index (χ1) is 9.61. The maximum atomic E-state index is 12.4. The molecule has 1 aromatic heterocycles. The van der Waals surface area contributed by atoms with Crippen LogP contribution in [0.1, 0.15) is 42.6 Å². The first kappa shape index (κ1) is 13.3. The number of rotatable bonds is 1. The molecule has 1 aliphatic heterocycles. The molecular weight excluding hydrogens is 258 g/mol. The van der Waals surface area contributed by atoms with Crippen LogP contribution in [-0.2, 0) is 0 Å². The van der Waals surface area contributed by atoms with Crippen molar-refractivity contribution in [2.45, 2.75) is 38.2 Å². The number of aromatic amines is 1. The highest BCUT2D eigenvalue weighted by atomic mass is 16.3. The van der Waals surface area contributed by atoms with Gasteiger partial charge in [0.05, 0.1) is 6.10 Å². The van der Waals surface area contributed by atoms with E-state index in [9.17, 15) is 14.7 Å². The first-order valence-electron chi connectivity index (χ1n) is 7.14. The van der Waals surface area contributed by atoms with Crippen molar-refractivity contribution in [3.8, 4) is 0 Å². The zero-order chi connectivity index (χ0) is 14.2. The van der Waals surface area contributed by atoms with Crippen LogP contribution in [0, 0.1) is 5.41 Å². The summed E-state index contributed by atoms with van der Waals surface area (Å²) in [6, 6.07) is 2.76. The van der Waals surface area contributed by atoms with Gasteiger partial charge in [-0.05, 0) is 31.7 Å². The fraction of sp³-hybridized carbons (Fsp3) is 0.643. The third-order valence-corrected chi connectivity index (χ3v) is 4.65. The van der Waals surface area contributed by atoms with Crippen LogP contribution in [0.5, 0.6) is 0 Å². The van der Waals surface area contributed by atoms with Crippen molar-refractivity contribution in [3.05, 3.63) is 28.2 Å². The van der Waals surface area contributed by atoms with Crippen LogP contribution in [-0.4, -0.2) is 45.3 Å². The van der Waals surface area contributed by atoms with Gasteiger partial charge in [0.25, 0.3) is 11.5 Å². The number of hydrogen-bond acceptors (Lipinski definition) is 4. The number of aliphatic hydroxyl groups is 1. The number of likely N-dealkylation sites (tertiary alicyclic amines) is 1. The lowest BCUT2D eigenvalue weighted by Crippen LogP contribution is -2.49. The molecule has 20 heavy (non-hydrogen) atoms. The zero-order valence-electron chi connectivity index (χ0n) is 11.3. The van der Waals surface area contributed by atoms with Crippen molar-refractivity contribution < 1.29 is 9.90 Å². The summed E-state index contributed by atoms with van der Waals surface area (Å²) in [6.07, 6.45) is 4.43. The van der Waals surface area contributed by atoms with Crippen LogP contribution >= 0.6 is 0 Å². The molecule has 1 spiro atoms. The molecule has 2 atom stereocenters. The van der Waals surface area contributed by atoms with Crippen LogP contribution in [0.25, 0.3) is 0 Å². The number of carbonyl (C=O) groups is 1. The Labute approximate surface area is 116 Å². The Kier molecular flexibility index (Phi) is 3.33. The summed E-state index contributed by atoms with van der Waals surface area (Å²) in [6.45, 7) is 1.28. The standard InChI is InChI=1S/C14H19N3O3/c18-11-3-1-6-14(11)7-2-8-17(9-14)13(20)10-4-5-12(19)16-15-10/h4-5,11,18H,1-3,6-9H2,(H,16,19)/t11-,14-/m1/s1. The van der Waals surface area contributed by atoms with Crippen LogP contribution in [0.4, 0.5) is 0 Å². The number of carbonyl (C=O) groups excluding carboxylic acids is 1. The lowest BCUT2D eigenvalue weighted by Gasteiger charge is -2.42. The summed E-state index contributed by atoms with van der Waals surface area (Å²) in [5.41, 5.74) is -0.187. The largest absolute Gasteiger partial charge is 0.392 e. The molecule has 2 heterocycles. The average molecular weight is 277 g/mol. The van der Waals surface area contributed by atoms with E-state index in [1.54, 1.807) is 4.90 Å². The number of aromatic nitrogens is 2. The fourth-order valence-corrected chi connectivity index (χ4v) is 3.56. The highest BCUT2D eigenvalue weighted by molar-refractivity contribution is 5.92.